The number of hydrogen-bond acceptors (Lipinski definition) is 3. The molecule has 0 radical (unpaired) electrons. The third kappa shape index (κ3) is 3.01. The van der Waals surface area contributed by atoms with Gasteiger partial charge in [0.15, 0.2) is 0 Å². The Morgan fingerprint density at radius 1 is 0.556 bits per heavy atom. The van der Waals surface area contributed by atoms with Crippen LogP contribution >= 0.6 is 12.2 Å². The summed E-state index contributed by atoms with van der Waals surface area (Å²) in [5.74, 6) is 0.266. The van der Waals surface area contributed by atoms with Crippen LogP contribution in [0.4, 0.5) is 5.69 Å². The van der Waals surface area contributed by atoms with Crippen LogP contribution in [-0.4, -0.2) is 19.4 Å². The Balaban J connectivity index is 1.52. The fraction of sp³-hybridized carbons (Fsp3) is 0. The highest BCUT2D eigenvalue weighted by Gasteiger charge is 2.16. The van der Waals surface area contributed by atoms with Crippen LogP contribution in [0.3, 0.4) is 0 Å². The lowest BCUT2D eigenvalue weighted by Crippen LogP contribution is -1.98. The number of benzene rings is 5. The number of hydrogen-bond donors (Lipinski definition) is 1. The third-order valence-corrected chi connectivity index (χ3v) is 6.92. The summed E-state index contributed by atoms with van der Waals surface area (Å²) in [6.07, 6.45) is 0. The molecule has 0 saturated carbocycles. The van der Waals surface area contributed by atoms with Gasteiger partial charge in [0.25, 0.3) is 0 Å². The zero-order chi connectivity index (χ0) is 24.2. The fourth-order valence-electron chi connectivity index (χ4n) is 5.37. The number of phenolic OH excluding ortho intramolecular Hbond substituents is 1. The van der Waals surface area contributed by atoms with E-state index < -0.39 is 0 Å². The number of fused-ring (bicyclic) bond motifs is 6. The first kappa shape index (κ1) is 20.7. The molecule has 1 N–H and O–H groups in total. The molecule has 0 saturated heterocycles. The SMILES string of the molecule is Oc1ccc2c(c1)c1ccccc1n2-c1cccc(-n2c3ccccc3c3cc(N=C=S)ccc32)c1. The van der Waals surface area contributed by atoms with Crippen molar-refractivity contribution in [2.75, 3.05) is 0 Å². The van der Waals surface area contributed by atoms with Crippen molar-refractivity contribution in [2.45, 2.75) is 0 Å². The van der Waals surface area contributed by atoms with Crippen molar-refractivity contribution in [2.24, 2.45) is 4.99 Å². The molecule has 7 aromatic rings. The van der Waals surface area contributed by atoms with Crippen molar-refractivity contribution < 1.29 is 5.11 Å². The van der Waals surface area contributed by atoms with Crippen molar-refractivity contribution in [1.29, 1.82) is 0 Å². The minimum atomic E-state index is 0.266. The van der Waals surface area contributed by atoms with E-state index in [4.69, 9.17) is 12.2 Å². The van der Waals surface area contributed by atoms with Gasteiger partial charge in [-0.15, -0.1) is 0 Å². The molecule has 0 aliphatic heterocycles. The van der Waals surface area contributed by atoms with Crippen LogP contribution in [0.1, 0.15) is 0 Å². The summed E-state index contributed by atoms with van der Waals surface area (Å²) in [7, 11) is 0. The molecule has 4 nitrogen and oxygen atoms in total. The molecule has 0 amide bonds. The summed E-state index contributed by atoms with van der Waals surface area (Å²) in [5, 5.41) is 17.1. The summed E-state index contributed by atoms with van der Waals surface area (Å²) in [6, 6.07) is 37.0. The smallest absolute Gasteiger partial charge is 0.116 e. The highest BCUT2D eigenvalue weighted by Crippen LogP contribution is 2.37. The maximum absolute atomic E-state index is 10.2. The predicted molar refractivity (Wildman–Crippen MR) is 151 cm³/mol. The van der Waals surface area contributed by atoms with E-state index >= 15 is 0 Å². The number of thiocarbonyl (C=S) groups is 1. The van der Waals surface area contributed by atoms with Gasteiger partial charge in [-0.1, -0.05) is 42.5 Å². The lowest BCUT2D eigenvalue weighted by atomic mass is 10.1. The topological polar surface area (TPSA) is 42.5 Å². The Bertz CT molecular complexity index is 2030. The largest absolute Gasteiger partial charge is 0.508 e. The van der Waals surface area contributed by atoms with E-state index in [1.165, 1.54) is 0 Å². The summed E-state index contributed by atoms with van der Waals surface area (Å²) in [4.78, 5) is 4.19. The Morgan fingerprint density at radius 3 is 1.75 bits per heavy atom. The minimum absolute atomic E-state index is 0.266. The van der Waals surface area contributed by atoms with Gasteiger partial charge in [-0.2, -0.15) is 4.99 Å². The van der Waals surface area contributed by atoms with E-state index in [9.17, 15) is 5.11 Å². The first-order chi connectivity index (χ1) is 17.7. The quantitative estimate of drug-likeness (QED) is 0.204. The van der Waals surface area contributed by atoms with E-state index in [-0.39, 0.29) is 5.75 Å². The number of phenols is 1. The monoisotopic (exact) mass is 481 g/mol. The number of aromatic hydroxyl groups is 1. The molecule has 0 aliphatic rings. The van der Waals surface area contributed by atoms with Gasteiger partial charge in [-0.25, -0.2) is 0 Å². The van der Waals surface area contributed by atoms with Crippen LogP contribution in [0.5, 0.6) is 5.75 Å². The molecule has 0 fully saturated rings. The molecule has 5 heteroatoms. The van der Waals surface area contributed by atoms with Crippen molar-refractivity contribution >= 4 is 66.7 Å². The van der Waals surface area contributed by atoms with Crippen LogP contribution in [0.2, 0.25) is 0 Å². The van der Waals surface area contributed by atoms with Crippen molar-refractivity contribution in [3.05, 3.63) is 109 Å². The third-order valence-electron chi connectivity index (χ3n) is 6.83. The summed E-state index contributed by atoms with van der Waals surface area (Å²) < 4.78 is 4.55. The highest BCUT2D eigenvalue weighted by atomic mass is 32.1. The molecule has 0 unspecified atom stereocenters. The Morgan fingerprint density at radius 2 is 1.11 bits per heavy atom. The number of aliphatic imine (C=N–C) groups is 1. The molecule has 0 atom stereocenters. The molecule has 0 aliphatic carbocycles. The fourth-order valence-corrected chi connectivity index (χ4v) is 5.48. The second-order valence-electron chi connectivity index (χ2n) is 8.83. The van der Waals surface area contributed by atoms with E-state index in [2.05, 4.69) is 98.2 Å². The summed E-state index contributed by atoms with van der Waals surface area (Å²) in [6.45, 7) is 0. The molecule has 5 aromatic carbocycles. The number of para-hydroxylation sites is 2. The maximum Gasteiger partial charge on any atom is 0.116 e. The molecular formula is C31H19N3OS. The van der Waals surface area contributed by atoms with Gasteiger partial charge in [0.2, 0.25) is 0 Å². The molecular weight excluding hydrogens is 462 g/mol. The molecule has 0 spiro atoms. The van der Waals surface area contributed by atoms with Crippen LogP contribution in [0.15, 0.2) is 114 Å². The van der Waals surface area contributed by atoms with Crippen molar-refractivity contribution in [1.82, 2.24) is 9.13 Å². The zero-order valence-electron chi connectivity index (χ0n) is 19.1. The lowest BCUT2D eigenvalue weighted by Gasteiger charge is -2.12. The van der Waals surface area contributed by atoms with Gasteiger partial charge >= 0.3 is 0 Å². The molecule has 2 heterocycles. The van der Waals surface area contributed by atoms with E-state index in [1.54, 1.807) is 6.07 Å². The molecule has 170 valence electrons. The molecule has 36 heavy (non-hydrogen) atoms. The van der Waals surface area contributed by atoms with Gasteiger partial charge in [0, 0.05) is 32.9 Å². The number of aromatic nitrogens is 2. The number of isothiocyanates is 1. The second kappa shape index (κ2) is 7.92. The van der Waals surface area contributed by atoms with Gasteiger partial charge < -0.3 is 14.2 Å². The Labute approximate surface area is 212 Å². The standard InChI is InChI=1S/C31H19N3OS/c35-23-13-15-31-27(18-23)25-9-2-4-11-29(25)34(31)22-7-5-6-21(17-22)33-28-10-3-1-8-24(28)26-16-20(32-19-36)12-14-30(26)33/h1-18,35H. The first-order valence-electron chi connectivity index (χ1n) is 11.7. The molecule has 7 rings (SSSR count). The van der Waals surface area contributed by atoms with Gasteiger partial charge in [0.05, 0.1) is 32.9 Å². The van der Waals surface area contributed by atoms with E-state index in [0.717, 1.165) is 60.7 Å². The minimum Gasteiger partial charge on any atom is -0.508 e. The summed E-state index contributed by atoms with van der Waals surface area (Å²) >= 11 is 4.82. The van der Waals surface area contributed by atoms with Crippen LogP contribution in [0, 0.1) is 0 Å². The molecule has 2 aromatic heterocycles. The van der Waals surface area contributed by atoms with E-state index in [0.29, 0.717) is 0 Å². The summed E-state index contributed by atoms with van der Waals surface area (Å²) in [5.41, 5.74) is 7.29. The average Bonchev–Trinajstić information content (AvgIpc) is 3.41. The van der Waals surface area contributed by atoms with Gasteiger partial charge in [-0.05, 0) is 78.9 Å². The maximum atomic E-state index is 10.2. The number of nitrogens with zero attached hydrogens (tertiary/aromatic N) is 3. The zero-order valence-corrected chi connectivity index (χ0v) is 19.9. The average molecular weight is 482 g/mol. The first-order valence-corrected chi connectivity index (χ1v) is 12.1. The Hall–Kier alpha value is -4.70. The lowest BCUT2D eigenvalue weighted by molar-refractivity contribution is 0.476. The van der Waals surface area contributed by atoms with Crippen LogP contribution in [-0.2, 0) is 0 Å². The normalized spacial score (nSPS) is 11.4. The number of rotatable bonds is 3. The molecule has 0 bridgehead atoms. The second-order valence-corrected chi connectivity index (χ2v) is 9.01. The predicted octanol–water partition coefficient (Wildman–Crippen LogP) is 8.32. The van der Waals surface area contributed by atoms with Crippen LogP contribution in [0.25, 0.3) is 55.0 Å². The van der Waals surface area contributed by atoms with E-state index in [1.807, 2.05) is 24.3 Å². The van der Waals surface area contributed by atoms with Gasteiger partial charge in [-0.3, -0.25) is 0 Å². The van der Waals surface area contributed by atoms with Crippen molar-refractivity contribution in [3.8, 4) is 17.1 Å². The van der Waals surface area contributed by atoms with Crippen molar-refractivity contribution in [3.63, 3.8) is 0 Å². The van der Waals surface area contributed by atoms with Gasteiger partial charge in [0.1, 0.15) is 5.75 Å². The Kier molecular flexibility index (Phi) is 4.55. The highest BCUT2D eigenvalue weighted by molar-refractivity contribution is 7.78. The van der Waals surface area contributed by atoms with Crippen LogP contribution < -0.4 is 0 Å².